The van der Waals surface area contributed by atoms with Crippen molar-refractivity contribution in [2.45, 2.75) is 0 Å². The van der Waals surface area contributed by atoms with Gasteiger partial charge in [0.1, 0.15) is 5.58 Å². The first-order chi connectivity index (χ1) is 9.34. The zero-order valence-electron chi connectivity index (χ0n) is 9.83. The van der Waals surface area contributed by atoms with Gasteiger partial charge in [-0.2, -0.15) is 0 Å². The molecule has 4 nitrogen and oxygen atoms in total. The van der Waals surface area contributed by atoms with Crippen LogP contribution in [0.2, 0.25) is 0 Å². The van der Waals surface area contributed by atoms with E-state index in [9.17, 15) is 4.79 Å². The van der Waals surface area contributed by atoms with Gasteiger partial charge in [0.25, 0.3) is 0 Å². The quantitative estimate of drug-likeness (QED) is 0.354. The highest BCUT2D eigenvalue weighted by Crippen LogP contribution is 2.23. The number of rotatable bonds is 0. The van der Waals surface area contributed by atoms with Crippen molar-refractivity contribution in [1.29, 1.82) is 0 Å². The van der Waals surface area contributed by atoms with Crippen molar-refractivity contribution in [3.05, 3.63) is 59.0 Å². The molecule has 4 rings (SSSR count). The molecule has 0 saturated carbocycles. The van der Waals surface area contributed by atoms with Crippen LogP contribution >= 0.6 is 0 Å². The maximum atomic E-state index is 12.6. The lowest BCUT2D eigenvalue weighted by molar-refractivity contribution is 0.645. The lowest BCUT2D eigenvalue weighted by Crippen LogP contribution is -2.03. The lowest BCUT2D eigenvalue weighted by Gasteiger charge is -2.03. The van der Waals surface area contributed by atoms with Crippen LogP contribution in [0.1, 0.15) is 0 Å². The topological polar surface area (TPSA) is 56.0 Å². The van der Waals surface area contributed by atoms with Gasteiger partial charge in [-0.1, -0.05) is 6.07 Å². The van der Waals surface area contributed by atoms with E-state index in [0.29, 0.717) is 22.1 Å². The van der Waals surface area contributed by atoms with Crippen molar-refractivity contribution in [2.24, 2.45) is 0 Å². The van der Waals surface area contributed by atoms with E-state index in [4.69, 9.17) is 4.42 Å². The summed E-state index contributed by atoms with van der Waals surface area (Å²) < 4.78 is 5.70. The third kappa shape index (κ3) is 1.37. The Bertz CT molecular complexity index is 989. The SMILES string of the molecule is O=c1c2cccnc2oc2ccc3ncccc3c12. The minimum absolute atomic E-state index is 0.0667. The molecule has 19 heavy (non-hydrogen) atoms. The van der Waals surface area contributed by atoms with Gasteiger partial charge < -0.3 is 4.42 Å². The Labute approximate surface area is 107 Å². The predicted molar refractivity (Wildman–Crippen MR) is 73.1 cm³/mol. The van der Waals surface area contributed by atoms with Crippen LogP contribution in [0.4, 0.5) is 0 Å². The van der Waals surface area contributed by atoms with E-state index >= 15 is 0 Å². The largest absolute Gasteiger partial charge is 0.437 e. The Balaban J connectivity index is 2.37. The fourth-order valence-corrected chi connectivity index (χ4v) is 2.34. The van der Waals surface area contributed by atoms with Gasteiger partial charge in [-0.3, -0.25) is 9.78 Å². The number of nitrogens with zero attached hydrogens (tertiary/aromatic N) is 2. The van der Waals surface area contributed by atoms with Crippen LogP contribution in [0.5, 0.6) is 0 Å². The molecular weight excluding hydrogens is 240 g/mol. The van der Waals surface area contributed by atoms with Gasteiger partial charge in [0.2, 0.25) is 11.1 Å². The average molecular weight is 248 g/mol. The molecule has 4 heteroatoms. The second-order valence-corrected chi connectivity index (χ2v) is 4.30. The number of hydrogen-bond donors (Lipinski definition) is 0. The van der Waals surface area contributed by atoms with E-state index in [1.807, 2.05) is 18.2 Å². The van der Waals surface area contributed by atoms with E-state index in [-0.39, 0.29) is 5.43 Å². The highest BCUT2D eigenvalue weighted by molar-refractivity contribution is 6.06. The smallest absolute Gasteiger partial charge is 0.230 e. The fourth-order valence-electron chi connectivity index (χ4n) is 2.34. The predicted octanol–water partition coefficient (Wildman–Crippen LogP) is 2.89. The summed E-state index contributed by atoms with van der Waals surface area (Å²) in [6.07, 6.45) is 3.32. The normalized spacial score (nSPS) is 11.4. The highest BCUT2D eigenvalue weighted by Gasteiger charge is 2.11. The minimum atomic E-state index is -0.0667. The molecule has 0 aliphatic heterocycles. The van der Waals surface area contributed by atoms with Gasteiger partial charge in [-0.05, 0) is 30.3 Å². The van der Waals surface area contributed by atoms with Crippen molar-refractivity contribution >= 4 is 33.0 Å². The van der Waals surface area contributed by atoms with E-state index < -0.39 is 0 Å². The minimum Gasteiger partial charge on any atom is -0.437 e. The molecule has 0 spiro atoms. The van der Waals surface area contributed by atoms with Crippen LogP contribution in [-0.2, 0) is 0 Å². The van der Waals surface area contributed by atoms with Gasteiger partial charge in [-0.25, -0.2) is 4.98 Å². The molecule has 0 atom stereocenters. The molecular formula is C15H8N2O2. The molecule has 0 radical (unpaired) electrons. The van der Waals surface area contributed by atoms with E-state index in [1.54, 1.807) is 30.6 Å². The highest BCUT2D eigenvalue weighted by atomic mass is 16.3. The summed E-state index contributed by atoms with van der Waals surface area (Å²) in [4.78, 5) is 20.9. The lowest BCUT2D eigenvalue weighted by atomic mass is 10.1. The Morgan fingerprint density at radius 1 is 0.895 bits per heavy atom. The molecule has 0 aliphatic rings. The molecule has 0 unspecified atom stereocenters. The molecule has 1 aromatic carbocycles. The van der Waals surface area contributed by atoms with Crippen LogP contribution in [0, 0.1) is 0 Å². The number of fused-ring (bicyclic) bond motifs is 4. The first-order valence-electron chi connectivity index (χ1n) is 5.90. The first kappa shape index (κ1) is 10.2. The standard InChI is InChI=1S/C15H8N2O2/c18-14-10-4-2-8-17-15(10)19-12-6-5-11-9(13(12)14)3-1-7-16-11/h1-8H. The summed E-state index contributed by atoms with van der Waals surface area (Å²) >= 11 is 0. The first-order valence-corrected chi connectivity index (χ1v) is 5.90. The van der Waals surface area contributed by atoms with Gasteiger partial charge in [0.05, 0.1) is 16.3 Å². The van der Waals surface area contributed by atoms with Crippen molar-refractivity contribution < 1.29 is 4.42 Å². The van der Waals surface area contributed by atoms with Crippen LogP contribution in [0.15, 0.2) is 58.0 Å². The van der Waals surface area contributed by atoms with Crippen LogP contribution < -0.4 is 5.43 Å². The molecule has 0 fully saturated rings. The second-order valence-electron chi connectivity index (χ2n) is 4.30. The average Bonchev–Trinajstić information content (AvgIpc) is 2.47. The number of benzene rings is 1. The Hall–Kier alpha value is -2.75. The van der Waals surface area contributed by atoms with E-state index in [2.05, 4.69) is 9.97 Å². The second kappa shape index (κ2) is 3.62. The summed E-state index contributed by atoms with van der Waals surface area (Å²) in [5, 5.41) is 1.86. The summed E-state index contributed by atoms with van der Waals surface area (Å²) in [6, 6.07) is 10.8. The zero-order valence-corrected chi connectivity index (χ0v) is 9.83. The third-order valence-electron chi connectivity index (χ3n) is 3.20. The summed E-state index contributed by atoms with van der Waals surface area (Å²) in [7, 11) is 0. The molecule has 3 heterocycles. The van der Waals surface area contributed by atoms with Crippen molar-refractivity contribution in [2.75, 3.05) is 0 Å². The van der Waals surface area contributed by atoms with Crippen molar-refractivity contribution in [3.8, 4) is 0 Å². The fraction of sp³-hybridized carbons (Fsp3) is 0. The molecule has 0 saturated heterocycles. The molecule has 0 aliphatic carbocycles. The molecule has 0 bridgehead atoms. The van der Waals surface area contributed by atoms with Crippen LogP contribution in [0.3, 0.4) is 0 Å². The summed E-state index contributed by atoms with van der Waals surface area (Å²) in [5.74, 6) is 0. The Morgan fingerprint density at radius 3 is 2.58 bits per heavy atom. The Kier molecular flexibility index (Phi) is 1.94. The van der Waals surface area contributed by atoms with Gasteiger partial charge in [0, 0.05) is 17.8 Å². The maximum absolute atomic E-state index is 12.6. The van der Waals surface area contributed by atoms with Crippen LogP contribution in [0.25, 0.3) is 33.0 Å². The summed E-state index contributed by atoms with van der Waals surface area (Å²) in [6.45, 7) is 0. The zero-order chi connectivity index (χ0) is 12.8. The van der Waals surface area contributed by atoms with E-state index in [0.717, 1.165) is 10.9 Å². The van der Waals surface area contributed by atoms with Gasteiger partial charge in [0.15, 0.2) is 0 Å². The van der Waals surface area contributed by atoms with Crippen LogP contribution in [-0.4, -0.2) is 9.97 Å². The number of aromatic nitrogens is 2. The third-order valence-corrected chi connectivity index (χ3v) is 3.20. The van der Waals surface area contributed by atoms with Crippen molar-refractivity contribution in [1.82, 2.24) is 9.97 Å². The maximum Gasteiger partial charge on any atom is 0.230 e. The molecule has 3 aromatic heterocycles. The molecule has 0 N–H and O–H groups in total. The number of hydrogen-bond acceptors (Lipinski definition) is 4. The van der Waals surface area contributed by atoms with Crippen molar-refractivity contribution in [3.63, 3.8) is 0 Å². The molecule has 0 amide bonds. The Morgan fingerprint density at radius 2 is 1.68 bits per heavy atom. The van der Waals surface area contributed by atoms with Gasteiger partial charge >= 0.3 is 0 Å². The van der Waals surface area contributed by atoms with E-state index in [1.165, 1.54) is 0 Å². The molecule has 4 aromatic rings. The number of pyridine rings is 2. The monoisotopic (exact) mass is 248 g/mol. The molecule has 90 valence electrons. The summed E-state index contributed by atoms with van der Waals surface area (Å²) in [5.41, 5.74) is 1.62. The van der Waals surface area contributed by atoms with Gasteiger partial charge in [-0.15, -0.1) is 0 Å².